The van der Waals surface area contributed by atoms with Crippen molar-refractivity contribution in [2.24, 2.45) is 11.8 Å². The van der Waals surface area contributed by atoms with Gasteiger partial charge in [0, 0.05) is 24.7 Å². The van der Waals surface area contributed by atoms with Crippen LogP contribution in [0.4, 0.5) is 0 Å². The van der Waals surface area contributed by atoms with Crippen molar-refractivity contribution in [1.82, 2.24) is 10.3 Å². The summed E-state index contributed by atoms with van der Waals surface area (Å²) in [5, 5.41) is 0. The standard InChI is InChI=1S/C16H27N3O2/c1-12(2)11-19(13(3)4)8-9-21-15-7-5-6-14(10-15)16(20)18-17/h5-7,10,12-13H,8-9,11,17H2,1-4H3,(H,18,20). The Balaban J connectivity index is 2.53. The molecule has 1 amide bonds. The van der Waals surface area contributed by atoms with Crippen LogP contribution in [0.3, 0.4) is 0 Å². The van der Waals surface area contributed by atoms with Crippen molar-refractivity contribution in [2.45, 2.75) is 33.7 Å². The lowest BCUT2D eigenvalue weighted by atomic mass is 10.2. The van der Waals surface area contributed by atoms with E-state index in [-0.39, 0.29) is 5.91 Å². The van der Waals surface area contributed by atoms with Crippen LogP contribution in [0.1, 0.15) is 38.1 Å². The number of hydrogen-bond acceptors (Lipinski definition) is 4. The van der Waals surface area contributed by atoms with Gasteiger partial charge in [0.25, 0.3) is 5.91 Å². The number of amides is 1. The second kappa shape index (κ2) is 8.64. The predicted molar refractivity (Wildman–Crippen MR) is 85.1 cm³/mol. The molecule has 21 heavy (non-hydrogen) atoms. The van der Waals surface area contributed by atoms with Gasteiger partial charge in [-0.15, -0.1) is 0 Å². The first kappa shape index (κ1) is 17.5. The first-order valence-electron chi connectivity index (χ1n) is 7.42. The Morgan fingerprint density at radius 2 is 2.05 bits per heavy atom. The van der Waals surface area contributed by atoms with Gasteiger partial charge >= 0.3 is 0 Å². The molecule has 5 heteroatoms. The van der Waals surface area contributed by atoms with Crippen LogP contribution >= 0.6 is 0 Å². The van der Waals surface area contributed by atoms with Gasteiger partial charge in [-0.25, -0.2) is 5.84 Å². The van der Waals surface area contributed by atoms with Crippen LogP contribution in [0, 0.1) is 5.92 Å². The normalized spacial score (nSPS) is 11.2. The van der Waals surface area contributed by atoms with E-state index >= 15 is 0 Å². The number of nitrogens with one attached hydrogen (secondary N) is 1. The second-order valence-electron chi connectivity index (χ2n) is 5.83. The average Bonchev–Trinajstić information content (AvgIpc) is 2.45. The molecule has 5 nitrogen and oxygen atoms in total. The third kappa shape index (κ3) is 6.14. The van der Waals surface area contributed by atoms with Gasteiger partial charge in [0.05, 0.1) is 0 Å². The molecule has 0 aromatic heterocycles. The maximum atomic E-state index is 11.5. The topological polar surface area (TPSA) is 67.6 Å². The van der Waals surface area contributed by atoms with E-state index in [1.807, 2.05) is 6.07 Å². The van der Waals surface area contributed by atoms with E-state index in [9.17, 15) is 4.79 Å². The van der Waals surface area contributed by atoms with E-state index in [1.165, 1.54) is 0 Å². The molecule has 0 heterocycles. The van der Waals surface area contributed by atoms with Crippen LogP contribution in [0.5, 0.6) is 5.75 Å². The molecule has 1 aromatic rings. The second-order valence-corrected chi connectivity index (χ2v) is 5.83. The van der Waals surface area contributed by atoms with E-state index in [1.54, 1.807) is 18.2 Å². The van der Waals surface area contributed by atoms with Crippen molar-refractivity contribution < 1.29 is 9.53 Å². The smallest absolute Gasteiger partial charge is 0.265 e. The summed E-state index contributed by atoms with van der Waals surface area (Å²) in [6.45, 7) is 11.3. The number of hydrazine groups is 1. The van der Waals surface area contributed by atoms with Crippen LogP contribution in [0.25, 0.3) is 0 Å². The van der Waals surface area contributed by atoms with Crippen LogP contribution in [0.15, 0.2) is 24.3 Å². The number of benzene rings is 1. The van der Waals surface area contributed by atoms with Crippen molar-refractivity contribution in [3.8, 4) is 5.75 Å². The number of nitrogen functional groups attached to an aromatic ring is 1. The lowest BCUT2D eigenvalue weighted by molar-refractivity contribution is 0.0953. The highest BCUT2D eigenvalue weighted by Gasteiger charge is 2.11. The van der Waals surface area contributed by atoms with E-state index in [0.29, 0.717) is 29.9 Å². The molecule has 0 aliphatic heterocycles. The van der Waals surface area contributed by atoms with E-state index in [4.69, 9.17) is 10.6 Å². The molecule has 118 valence electrons. The summed E-state index contributed by atoms with van der Waals surface area (Å²) in [5.74, 6) is 6.12. The molecule has 0 saturated carbocycles. The molecule has 0 aliphatic rings. The van der Waals surface area contributed by atoms with Gasteiger partial charge in [0.1, 0.15) is 12.4 Å². The zero-order valence-electron chi connectivity index (χ0n) is 13.4. The van der Waals surface area contributed by atoms with E-state index in [2.05, 4.69) is 38.0 Å². The number of nitrogens with two attached hydrogens (primary N) is 1. The highest BCUT2D eigenvalue weighted by Crippen LogP contribution is 2.13. The molecule has 1 aromatic carbocycles. The van der Waals surface area contributed by atoms with Gasteiger partial charge < -0.3 is 4.74 Å². The highest BCUT2D eigenvalue weighted by molar-refractivity contribution is 5.94. The van der Waals surface area contributed by atoms with Crippen LogP contribution in [-0.4, -0.2) is 36.5 Å². The van der Waals surface area contributed by atoms with Crippen LogP contribution in [-0.2, 0) is 0 Å². The molecule has 0 unspecified atom stereocenters. The van der Waals surface area contributed by atoms with Crippen molar-refractivity contribution in [3.63, 3.8) is 0 Å². The lowest BCUT2D eigenvalue weighted by Gasteiger charge is -2.28. The van der Waals surface area contributed by atoms with Crippen LogP contribution in [0.2, 0.25) is 0 Å². The molecule has 3 N–H and O–H groups in total. The van der Waals surface area contributed by atoms with Gasteiger partial charge in [-0.2, -0.15) is 0 Å². The number of rotatable bonds is 8. The summed E-state index contributed by atoms with van der Waals surface area (Å²) in [6, 6.07) is 7.52. The molecule has 0 bridgehead atoms. The Bertz CT molecular complexity index is 447. The number of hydrogen-bond donors (Lipinski definition) is 2. The average molecular weight is 293 g/mol. The minimum absolute atomic E-state index is 0.316. The Morgan fingerprint density at radius 3 is 2.62 bits per heavy atom. The first-order chi connectivity index (χ1) is 9.93. The maximum absolute atomic E-state index is 11.5. The Morgan fingerprint density at radius 1 is 1.33 bits per heavy atom. The van der Waals surface area contributed by atoms with Gasteiger partial charge in [0.15, 0.2) is 0 Å². The SMILES string of the molecule is CC(C)CN(CCOc1cccc(C(=O)NN)c1)C(C)C. The van der Waals surface area contributed by atoms with Crippen LogP contribution < -0.4 is 16.0 Å². The van der Waals surface area contributed by atoms with Gasteiger partial charge in [0.2, 0.25) is 0 Å². The quantitative estimate of drug-likeness (QED) is 0.437. The van der Waals surface area contributed by atoms with Crippen molar-refractivity contribution in [2.75, 3.05) is 19.7 Å². The Labute approximate surface area is 127 Å². The van der Waals surface area contributed by atoms with Crippen molar-refractivity contribution in [1.29, 1.82) is 0 Å². The zero-order chi connectivity index (χ0) is 15.8. The van der Waals surface area contributed by atoms with Crippen molar-refractivity contribution >= 4 is 5.91 Å². The molecular weight excluding hydrogens is 266 g/mol. The summed E-state index contributed by atoms with van der Waals surface area (Å²) in [6.07, 6.45) is 0. The van der Waals surface area contributed by atoms with Gasteiger partial charge in [-0.3, -0.25) is 15.1 Å². The monoisotopic (exact) mass is 293 g/mol. The van der Waals surface area contributed by atoms with Crippen molar-refractivity contribution in [3.05, 3.63) is 29.8 Å². The zero-order valence-corrected chi connectivity index (χ0v) is 13.4. The highest BCUT2D eigenvalue weighted by atomic mass is 16.5. The van der Waals surface area contributed by atoms with E-state index in [0.717, 1.165) is 13.1 Å². The van der Waals surface area contributed by atoms with E-state index < -0.39 is 0 Å². The minimum atomic E-state index is -0.316. The molecular formula is C16H27N3O2. The summed E-state index contributed by atoms with van der Waals surface area (Å²) in [5.41, 5.74) is 2.61. The maximum Gasteiger partial charge on any atom is 0.265 e. The number of nitrogens with zero attached hydrogens (tertiary/aromatic N) is 1. The molecule has 0 radical (unpaired) electrons. The van der Waals surface area contributed by atoms with Gasteiger partial charge in [-0.1, -0.05) is 19.9 Å². The third-order valence-corrected chi connectivity index (χ3v) is 3.20. The number of ether oxygens (including phenoxy) is 1. The number of carbonyl (C=O) groups excluding carboxylic acids is 1. The first-order valence-corrected chi connectivity index (χ1v) is 7.42. The molecule has 1 rings (SSSR count). The molecule has 0 aliphatic carbocycles. The number of carbonyl (C=O) groups is 1. The molecule has 0 fully saturated rings. The minimum Gasteiger partial charge on any atom is -0.492 e. The molecule has 0 saturated heterocycles. The largest absolute Gasteiger partial charge is 0.492 e. The predicted octanol–water partition coefficient (Wildman–Crippen LogP) is 2.04. The lowest BCUT2D eigenvalue weighted by Crippen LogP contribution is -2.37. The molecule has 0 atom stereocenters. The molecule has 0 spiro atoms. The fourth-order valence-corrected chi connectivity index (χ4v) is 2.12. The fourth-order valence-electron chi connectivity index (χ4n) is 2.12. The summed E-state index contributed by atoms with van der Waals surface area (Å²) < 4.78 is 5.74. The third-order valence-electron chi connectivity index (χ3n) is 3.20. The summed E-state index contributed by atoms with van der Waals surface area (Å²) in [4.78, 5) is 13.8. The Kier molecular flexibility index (Phi) is 7.19. The summed E-state index contributed by atoms with van der Waals surface area (Å²) in [7, 11) is 0. The summed E-state index contributed by atoms with van der Waals surface area (Å²) >= 11 is 0. The van der Waals surface area contributed by atoms with Gasteiger partial charge in [-0.05, 0) is 38.0 Å². The fraction of sp³-hybridized carbons (Fsp3) is 0.562. The Hall–Kier alpha value is -1.59.